The van der Waals surface area contributed by atoms with E-state index in [-0.39, 0.29) is 6.42 Å². The average molecular weight is 408 g/mol. The SMILES string of the molecule is Cc1nn(-c2ccccc2)c(C)c1CC(=O)O[C@@H](C)C(=O)Nc1sccc1C#N. The highest BCUT2D eigenvalue weighted by Crippen LogP contribution is 2.23. The maximum absolute atomic E-state index is 12.4. The molecule has 0 fully saturated rings. The topological polar surface area (TPSA) is 97.0 Å². The van der Waals surface area contributed by atoms with Crippen LogP contribution in [0.3, 0.4) is 0 Å². The van der Waals surface area contributed by atoms with E-state index in [4.69, 9.17) is 10.00 Å². The molecule has 1 N–H and O–H groups in total. The summed E-state index contributed by atoms with van der Waals surface area (Å²) in [5.74, 6) is -0.996. The van der Waals surface area contributed by atoms with Crippen molar-refractivity contribution in [3.05, 3.63) is 64.3 Å². The van der Waals surface area contributed by atoms with E-state index in [9.17, 15) is 9.59 Å². The number of amides is 1. The highest BCUT2D eigenvalue weighted by molar-refractivity contribution is 7.14. The highest BCUT2D eigenvalue weighted by atomic mass is 32.1. The number of esters is 1. The third-order valence-electron chi connectivity index (χ3n) is 4.46. The van der Waals surface area contributed by atoms with Crippen molar-refractivity contribution in [2.45, 2.75) is 33.3 Å². The van der Waals surface area contributed by atoms with Crippen LogP contribution in [-0.2, 0) is 20.7 Å². The van der Waals surface area contributed by atoms with Gasteiger partial charge in [-0.3, -0.25) is 9.59 Å². The van der Waals surface area contributed by atoms with Crippen LogP contribution in [0.5, 0.6) is 0 Å². The van der Waals surface area contributed by atoms with Crippen LogP contribution in [0, 0.1) is 25.2 Å². The van der Waals surface area contributed by atoms with Crippen molar-refractivity contribution in [3.63, 3.8) is 0 Å². The van der Waals surface area contributed by atoms with Crippen LogP contribution in [0.2, 0.25) is 0 Å². The van der Waals surface area contributed by atoms with Crippen molar-refractivity contribution < 1.29 is 14.3 Å². The van der Waals surface area contributed by atoms with Crippen molar-refractivity contribution in [2.75, 3.05) is 5.32 Å². The maximum atomic E-state index is 12.4. The predicted octanol–water partition coefficient (Wildman–Crippen LogP) is 3.54. The van der Waals surface area contributed by atoms with Crippen molar-refractivity contribution in [1.82, 2.24) is 9.78 Å². The molecule has 0 saturated heterocycles. The number of aryl methyl sites for hydroxylation is 1. The fourth-order valence-corrected chi connectivity index (χ4v) is 3.64. The number of rotatable bonds is 6. The summed E-state index contributed by atoms with van der Waals surface area (Å²) < 4.78 is 7.08. The number of nitrogens with zero attached hydrogens (tertiary/aromatic N) is 3. The number of nitrogens with one attached hydrogen (secondary N) is 1. The number of benzene rings is 1. The van der Waals surface area contributed by atoms with E-state index in [0.29, 0.717) is 10.6 Å². The van der Waals surface area contributed by atoms with Crippen LogP contribution in [0.4, 0.5) is 5.00 Å². The molecule has 1 amide bonds. The summed E-state index contributed by atoms with van der Waals surface area (Å²) >= 11 is 1.24. The first-order valence-corrected chi connectivity index (χ1v) is 9.87. The Kier molecular flexibility index (Phi) is 6.10. The maximum Gasteiger partial charge on any atom is 0.311 e. The van der Waals surface area contributed by atoms with Gasteiger partial charge in [0, 0.05) is 11.3 Å². The zero-order valence-corrected chi connectivity index (χ0v) is 17.1. The van der Waals surface area contributed by atoms with Gasteiger partial charge in [-0.2, -0.15) is 10.4 Å². The lowest BCUT2D eigenvalue weighted by Crippen LogP contribution is -2.30. The molecule has 2 heterocycles. The number of ether oxygens (including phenoxy) is 1. The average Bonchev–Trinajstić information content (AvgIpc) is 3.27. The van der Waals surface area contributed by atoms with Crippen LogP contribution < -0.4 is 5.32 Å². The summed E-state index contributed by atoms with van der Waals surface area (Å²) in [6.07, 6.45) is -0.967. The Morgan fingerprint density at radius 2 is 2.00 bits per heavy atom. The van der Waals surface area contributed by atoms with Gasteiger partial charge < -0.3 is 10.1 Å². The number of para-hydroxylation sites is 1. The fraction of sp³-hybridized carbons (Fsp3) is 0.238. The number of nitriles is 1. The standard InChI is InChI=1S/C21H20N4O3S/c1-13-18(14(2)25(24-13)17-7-5-4-6-8-17)11-19(26)28-15(3)20(27)23-21-16(12-22)9-10-29-21/h4-10,15H,11H2,1-3H3,(H,23,27)/t15-/m0/s1. The molecule has 2 aromatic heterocycles. The van der Waals surface area contributed by atoms with Gasteiger partial charge in [-0.15, -0.1) is 11.3 Å². The number of carbonyl (C=O) groups excluding carboxylic acids is 2. The van der Waals surface area contributed by atoms with Gasteiger partial charge in [-0.05, 0) is 44.4 Å². The summed E-state index contributed by atoms with van der Waals surface area (Å²) in [6, 6.07) is 13.3. The second-order valence-corrected chi connectivity index (χ2v) is 7.39. The van der Waals surface area contributed by atoms with E-state index in [0.717, 1.165) is 22.6 Å². The third kappa shape index (κ3) is 4.52. The highest BCUT2D eigenvalue weighted by Gasteiger charge is 2.22. The Balaban J connectivity index is 1.66. The van der Waals surface area contributed by atoms with Crippen molar-refractivity contribution in [2.24, 2.45) is 0 Å². The molecule has 1 atom stereocenters. The van der Waals surface area contributed by atoms with Crippen molar-refractivity contribution in [3.8, 4) is 11.8 Å². The van der Waals surface area contributed by atoms with Gasteiger partial charge in [-0.25, -0.2) is 4.68 Å². The van der Waals surface area contributed by atoms with Crippen LogP contribution in [0.1, 0.15) is 29.4 Å². The minimum Gasteiger partial charge on any atom is -0.452 e. The summed E-state index contributed by atoms with van der Waals surface area (Å²) in [5, 5.41) is 18.3. The summed E-state index contributed by atoms with van der Waals surface area (Å²) in [7, 11) is 0. The van der Waals surface area contributed by atoms with Gasteiger partial charge in [0.15, 0.2) is 6.10 Å². The number of hydrogen-bond donors (Lipinski definition) is 1. The van der Waals surface area contributed by atoms with Gasteiger partial charge in [-0.1, -0.05) is 18.2 Å². The molecule has 7 nitrogen and oxygen atoms in total. The van der Waals surface area contributed by atoms with E-state index >= 15 is 0 Å². The molecule has 0 bridgehead atoms. The van der Waals surface area contributed by atoms with E-state index in [1.165, 1.54) is 18.3 Å². The minimum atomic E-state index is -0.985. The number of thiophene rings is 1. The molecule has 0 aliphatic carbocycles. The smallest absolute Gasteiger partial charge is 0.311 e. The van der Waals surface area contributed by atoms with Crippen LogP contribution in [0.15, 0.2) is 41.8 Å². The Hall–Kier alpha value is -3.44. The number of hydrogen-bond acceptors (Lipinski definition) is 6. The molecule has 0 unspecified atom stereocenters. The van der Waals surface area contributed by atoms with Crippen molar-refractivity contribution >= 4 is 28.2 Å². The van der Waals surface area contributed by atoms with Gasteiger partial charge >= 0.3 is 5.97 Å². The van der Waals surface area contributed by atoms with Gasteiger partial charge in [0.25, 0.3) is 5.91 Å². The van der Waals surface area contributed by atoms with E-state index in [1.54, 1.807) is 16.1 Å². The predicted molar refractivity (Wildman–Crippen MR) is 110 cm³/mol. The first-order chi connectivity index (χ1) is 13.9. The Bertz CT molecular complexity index is 1080. The second kappa shape index (κ2) is 8.71. The first kappa shape index (κ1) is 20.3. The molecule has 8 heteroatoms. The third-order valence-corrected chi connectivity index (χ3v) is 5.29. The first-order valence-electron chi connectivity index (χ1n) is 8.99. The molecule has 0 spiro atoms. The molecule has 1 aromatic carbocycles. The molecule has 0 aliphatic rings. The number of anilines is 1. The van der Waals surface area contributed by atoms with E-state index in [2.05, 4.69) is 10.4 Å². The minimum absolute atomic E-state index is 0.0184. The van der Waals surface area contributed by atoms with Gasteiger partial charge in [0.2, 0.25) is 0 Å². The zero-order chi connectivity index (χ0) is 21.0. The summed E-state index contributed by atoms with van der Waals surface area (Å²) in [6.45, 7) is 5.23. The van der Waals surface area contributed by atoms with Gasteiger partial charge in [0.1, 0.15) is 11.1 Å². The molecule has 0 radical (unpaired) electrons. The van der Waals surface area contributed by atoms with Gasteiger partial charge in [0.05, 0.1) is 23.4 Å². The van der Waals surface area contributed by atoms with Crippen LogP contribution >= 0.6 is 11.3 Å². The Morgan fingerprint density at radius 1 is 1.28 bits per heavy atom. The quantitative estimate of drug-likeness (QED) is 0.629. The van der Waals surface area contributed by atoms with E-state index in [1.807, 2.05) is 50.2 Å². The fourth-order valence-electron chi connectivity index (χ4n) is 2.90. The normalized spacial score (nSPS) is 11.5. The lowest BCUT2D eigenvalue weighted by atomic mass is 10.1. The van der Waals surface area contributed by atoms with E-state index < -0.39 is 18.0 Å². The number of carbonyl (C=O) groups is 2. The lowest BCUT2D eigenvalue weighted by molar-refractivity contribution is -0.152. The number of aromatic nitrogens is 2. The molecule has 0 saturated carbocycles. The largest absolute Gasteiger partial charge is 0.452 e. The monoisotopic (exact) mass is 408 g/mol. The molecular weight excluding hydrogens is 388 g/mol. The summed E-state index contributed by atoms with van der Waals surface area (Å²) in [5.41, 5.74) is 3.64. The Labute approximate surface area is 172 Å². The van der Waals surface area contributed by atoms with Crippen LogP contribution in [0.25, 0.3) is 5.69 Å². The second-order valence-electron chi connectivity index (χ2n) is 6.47. The lowest BCUT2D eigenvalue weighted by Gasteiger charge is -2.13. The molecular formula is C21H20N4O3S. The molecule has 3 aromatic rings. The van der Waals surface area contributed by atoms with Crippen molar-refractivity contribution in [1.29, 1.82) is 5.26 Å². The zero-order valence-electron chi connectivity index (χ0n) is 16.3. The molecule has 29 heavy (non-hydrogen) atoms. The summed E-state index contributed by atoms with van der Waals surface area (Å²) in [4.78, 5) is 24.7. The molecule has 0 aliphatic heterocycles. The molecule has 148 valence electrons. The van der Waals surface area contributed by atoms with Crippen LogP contribution in [-0.4, -0.2) is 27.8 Å². The Morgan fingerprint density at radius 3 is 2.69 bits per heavy atom. The molecule has 3 rings (SSSR count).